The summed E-state index contributed by atoms with van der Waals surface area (Å²) in [5, 5.41) is 0. The van der Waals surface area contributed by atoms with Crippen molar-refractivity contribution in [3.63, 3.8) is 0 Å². The Hall–Kier alpha value is -2.12. The summed E-state index contributed by atoms with van der Waals surface area (Å²) < 4.78 is 0. The van der Waals surface area contributed by atoms with Crippen molar-refractivity contribution in [3.8, 4) is 0 Å². The number of halogens is 2. The SMILES string of the molecule is CCC1=CC2=NC(c3cccc(C4=NC5C=CC(CC)=CC5=N4)n3)=NC2C=C1.[Cl-].[Cl-].[Co+2]. The smallest absolute Gasteiger partial charge is 1.00 e. The molecule has 5 rings (SSSR count). The van der Waals surface area contributed by atoms with Crippen LogP contribution in [0.5, 0.6) is 0 Å². The zero-order chi connectivity index (χ0) is 19.1. The predicted molar refractivity (Wildman–Crippen MR) is 115 cm³/mol. The molecule has 1 aromatic heterocycles. The fourth-order valence-corrected chi connectivity index (χ4v) is 3.62. The molecule has 0 fully saturated rings. The third-order valence-corrected chi connectivity index (χ3v) is 5.27. The molecular weight excluding hydrogens is 476 g/mol. The van der Waals surface area contributed by atoms with E-state index in [9.17, 15) is 0 Å². The molecule has 0 bridgehead atoms. The summed E-state index contributed by atoms with van der Waals surface area (Å²) in [5.41, 5.74) is 6.07. The van der Waals surface area contributed by atoms with E-state index in [4.69, 9.17) is 25.0 Å². The number of fused-ring (bicyclic) bond motifs is 2. The van der Waals surface area contributed by atoms with Crippen molar-refractivity contribution < 1.29 is 41.6 Å². The Morgan fingerprint density at radius 2 is 1.19 bits per heavy atom. The fraction of sp³-hybridized carbons (Fsp3) is 0.261. The Balaban J connectivity index is 0.00000114. The summed E-state index contributed by atoms with van der Waals surface area (Å²) in [6.45, 7) is 4.29. The van der Waals surface area contributed by atoms with Crippen LogP contribution in [-0.4, -0.2) is 40.2 Å². The van der Waals surface area contributed by atoms with Gasteiger partial charge in [-0.15, -0.1) is 0 Å². The van der Waals surface area contributed by atoms with Gasteiger partial charge in [0.25, 0.3) is 0 Å². The van der Waals surface area contributed by atoms with Crippen LogP contribution < -0.4 is 24.8 Å². The predicted octanol–water partition coefficient (Wildman–Crippen LogP) is -1.96. The van der Waals surface area contributed by atoms with Crippen LogP contribution in [0.4, 0.5) is 0 Å². The number of allylic oxidation sites excluding steroid dienone is 4. The molecule has 3 heterocycles. The Bertz CT molecular complexity index is 1030. The first kappa shape index (κ1) is 25.1. The van der Waals surface area contributed by atoms with Crippen LogP contribution in [0.25, 0.3) is 0 Å². The monoisotopic (exact) mass is 496 g/mol. The quantitative estimate of drug-likeness (QED) is 0.477. The number of pyridine rings is 1. The molecule has 0 amide bonds. The van der Waals surface area contributed by atoms with E-state index in [1.54, 1.807) is 0 Å². The van der Waals surface area contributed by atoms with Gasteiger partial charge in [0, 0.05) is 0 Å². The number of hydrogen-bond acceptors (Lipinski definition) is 5. The second-order valence-electron chi connectivity index (χ2n) is 7.14. The standard InChI is InChI=1S/C23H21N5.2ClH.Co/c1-3-14-8-10-16-20(12-14)27-22(25-16)18-6-5-7-19(24-18)23-26-17-11-9-15(4-2)13-21(17)28-23;;;/h5-13,16-17H,3-4H2,1-2H3;2*1H;/q;;;+2/p-2. The van der Waals surface area contributed by atoms with E-state index < -0.39 is 0 Å². The first-order chi connectivity index (χ1) is 13.7. The first-order valence-corrected chi connectivity index (χ1v) is 9.81. The molecule has 8 heteroatoms. The summed E-state index contributed by atoms with van der Waals surface area (Å²) in [7, 11) is 0. The van der Waals surface area contributed by atoms with Gasteiger partial charge in [-0.05, 0) is 48.3 Å². The number of hydrogen-bond donors (Lipinski definition) is 0. The molecular formula is C23H21Cl2CoN5. The molecule has 2 unspecified atom stereocenters. The van der Waals surface area contributed by atoms with Crippen molar-refractivity contribution in [2.45, 2.75) is 38.8 Å². The van der Waals surface area contributed by atoms with E-state index >= 15 is 0 Å². The Morgan fingerprint density at radius 3 is 1.61 bits per heavy atom. The third-order valence-electron chi connectivity index (χ3n) is 5.27. The summed E-state index contributed by atoms with van der Waals surface area (Å²) >= 11 is 0. The third kappa shape index (κ3) is 4.88. The minimum Gasteiger partial charge on any atom is -1.00 e. The first-order valence-electron chi connectivity index (χ1n) is 9.81. The Kier molecular flexibility index (Phi) is 8.48. The number of amidine groups is 2. The second-order valence-corrected chi connectivity index (χ2v) is 7.14. The molecule has 2 aliphatic heterocycles. The van der Waals surface area contributed by atoms with Gasteiger partial charge in [0.15, 0.2) is 11.7 Å². The van der Waals surface area contributed by atoms with Gasteiger partial charge < -0.3 is 24.8 Å². The van der Waals surface area contributed by atoms with Gasteiger partial charge in [0.05, 0.1) is 11.4 Å². The van der Waals surface area contributed by atoms with Gasteiger partial charge in [0.2, 0.25) is 0 Å². The van der Waals surface area contributed by atoms with Crippen molar-refractivity contribution in [2.75, 3.05) is 0 Å². The molecule has 0 N–H and O–H groups in total. The van der Waals surface area contributed by atoms with E-state index in [-0.39, 0.29) is 53.7 Å². The van der Waals surface area contributed by atoms with Crippen LogP contribution in [0.3, 0.4) is 0 Å². The molecule has 1 radical (unpaired) electrons. The van der Waals surface area contributed by atoms with Crippen molar-refractivity contribution >= 4 is 23.1 Å². The molecule has 0 saturated heterocycles. The summed E-state index contributed by atoms with van der Waals surface area (Å²) in [4.78, 5) is 23.7. The van der Waals surface area contributed by atoms with Gasteiger partial charge in [-0.25, -0.2) is 15.0 Å². The summed E-state index contributed by atoms with van der Waals surface area (Å²) in [6.07, 6.45) is 14.7. The largest absolute Gasteiger partial charge is 2.00 e. The molecule has 31 heavy (non-hydrogen) atoms. The molecule has 0 aromatic carbocycles. The Labute approximate surface area is 205 Å². The van der Waals surface area contributed by atoms with Crippen molar-refractivity contribution in [3.05, 3.63) is 77.2 Å². The molecule has 0 spiro atoms. The van der Waals surface area contributed by atoms with Gasteiger partial charge >= 0.3 is 16.8 Å². The average molecular weight is 497 g/mol. The number of aromatic nitrogens is 1. The maximum atomic E-state index is 4.77. The molecule has 1 aromatic rings. The van der Waals surface area contributed by atoms with Gasteiger partial charge in [0.1, 0.15) is 23.5 Å². The minimum atomic E-state index is 0. The van der Waals surface area contributed by atoms with Gasteiger partial charge in [-0.3, -0.25) is 9.98 Å². The zero-order valence-corrected chi connectivity index (χ0v) is 19.6. The molecule has 4 aliphatic rings. The van der Waals surface area contributed by atoms with Crippen molar-refractivity contribution in [1.29, 1.82) is 0 Å². The molecule has 2 aliphatic carbocycles. The van der Waals surface area contributed by atoms with E-state index in [2.05, 4.69) is 50.3 Å². The summed E-state index contributed by atoms with van der Waals surface area (Å²) in [6, 6.07) is 5.88. The zero-order valence-electron chi connectivity index (χ0n) is 17.1. The average Bonchev–Trinajstić information content (AvgIpc) is 3.36. The maximum absolute atomic E-state index is 4.77. The van der Waals surface area contributed by atoms with Crippen LogP contribution in [0.2, 0.25) is 0 Å². The van der Waals surface area contributed by atoms with E-state index in [0.717, 1.165) is 35.7 Å². The van der Waals surface area contributed by atoms with Crippen molar-refractivity contribution in [2.24, 2.45) is 20.0 Å². The van der Waals surface area contributed by atoms with E-state index in [1.807, 2.05) is 18.2 Å². The van der Waals surface area contributed by atoms with Crippen molar-refractivity contribution in [1.82, 2.24) is 4.98 Å². The van der Waals surface area contributed by atoms with Crippen LogP contribution in [-0.2, 0) is 16.8 Å². The number of nitrogens with zero attached hydrogens (tertiary/aromatic N) is 5. The van der Waals surface area contributed by atoms with Crippen LogP contribution in [0.15, 0.2) is 85.8 Å². The maximum Gasteiger partial charge on any atom is 2.00 e. The fourth-order valence-electron chi connectivity index (χ4n) is 3.62. The molecule has 161 valence electrons. The molecule has 5 nitrogen and oxygen atoms in total. The molecule has 0 saturated carbocycles. The molecule has 2 atom stereocenters. The van der Waals surface area contributed by atoms with Crippen LogP contribution >= 0.6 is 0 Å². The topological polar surface area (TPSA) is 62.3 Å². The van der Waals surface area contributed by atoms with E-state index in [0.29, 0.717) is 11.7 Å². The van der Waals surface area contributed by atoms with Gasteiger partial charge in [-0.1, -0.05) is 44.2 Å². The van der Waals surface area contributed by atoms with Gasteiger partial charge in [-0.2, -0.15) is 0 Å². The summed E-state index contributed by atoms with van der Waals surface area (Å²) in [5.74, 6) is 1.36. The Morgan fingerprint density at radius 1 is 0.742 bits per heavy atom. The number of rotatable bonds is 4. The van der Waals surface area contributed by atoms with E-state index in [1.165, 1.54) is 11.1 Å². The minimum absolute atomic E-state index is 0. The normalized spacial score (nSPS) is 22.3. The number of aliphatic imine (C=N–C) groups is 4. The van der Waals surface area contributed by atoms with Crippen LogP contribution in [0.1, 0.15) is 38.1 Å². The van der Waals surface area contributed by atoms with Crippen LogP contribution in [0, 0.1) is 0 Å². The second kappa shape index (κ2) is 10.5.